The Morgan fingerprint density at radius 3 is 2.33 bits per heavy atom. The van der Waals surface area contributed by atoms with E-state index in [1.807, 2.05) is 12.1 Å². The summed E-state index contributed by atoms with van der Waals surface area (Å²) in [6, 6.07) is 7.36. The number of rotatable bonds is 9. The highest BCUT2D eigenvalue weighted by Crippen LogP contribution is 2.32. The van der Waals surface area contributed by atoms with Crippen molar-refractivity contribution in [2.45, 2.75) is 56.9 Å². The highest BCUT2D eigenvalue weighted by atomic mass is 32.2. The molecule has 4 nitrogen and oxygen atoms in total. The summed E-state index contributed by atoms with van der Waals surface area (Å²) in [7, 11) is -3.34. The van der Waals surface area contributed by atoms with Gasteiger partial charge in [0.25, 0.3) is 0 Å². The first kappa shape index (κ1) is 16.3. The van der Waals surface area contributed by atoms with Crippen molar-refractivity contribution >= 4 is 15.7 Å². The van der Waals surface area contributed by atoms with Crippen LogP contribution in [-0.2, 0) is 10.0 Å². The maximum Gasteiger partial charge on any atom is 0.243 e. The molecule has 1 aliphatic carbocycles. The summed E-state index contributed by atoms with van der Waals surface area (Å²) >= 11 is 0. The summed E-state index contributed by atoms with van der Waals surface area (Å²) in [4.78, 5) is 0.410. The van der Waals surface area contributed by atoms with Gasteiger partial charge in [0.1, 0.15) is 0 Å². The van der Waals surface area contributed by atoms with Crippen LogP contribution < -0.4 is 5.32 Å². The van der Waals surface area contributed by atoms with Gasteiger partial charge >= 0.3 is 0 Å². The van der Waals surface area contributed by atoms with E-state index in [1.54, 1.807) is 16.4 Å². The van der Waals surface area contributed by atoms with Crippen LogP contribution >= 0.6 is 0 Å². The summed E-state index contributed by atoms with van der Waals surface area (Å²) in [5.74, 6) is 0. The van der Waals surface area contributed by atoms with Crippen LogP contribution in [0.3, 0.4) is 0 Å². The van der Waals surface area contributed by atoms with Crippen molar-refractivity contribution in [3.63, 3.8) is 0 Å². The SMILES string of the molecule is CCCCN(C1CC1)S(=O)(=O)c1ccc(NCCC)cc1. The second-order valence-corrected chi connectivity index (χ2v) is 7.54. The van der Waals surface area contributed by atoms with E-state index in [-0.39, 0.29) is 6.04 Å². The largest absolute Gasteiger partial charge is 0.385 e. The molecule has 0 atom stereocenters. The zero-order valence-electron chi connectivity index (χ0n) is 13.0. The third-order valence-electron chi connectivity index (χ3n) is 3.73. The van der Waals surface area contributed by atoms with Gasteiger partial charge in [0.05, 0.1) is 4.90 Å². The highest BCUT2D eigenvalue weighted by Gasteiger charge is 2.37. The van der Waals surface area contributed by atoms with Crippen LogP contribution in [0.5, 0.6) is 0 Å². The van der Waals surface area contributed by atoms with Crippen LogP contribution in [0.25, 0.3) is 0 Å². The van der Waals surface area contributed by atoms with Gasteiger partial charge in [-0.3, -0.25) is 0 Å². The molecule has 1 fully saturated rings. The molecule has 0 radical (unpaired) electrons. The lowest BCUT2D eigenvalue weighted by Crippen LogP contribution is -2.34. The molecular weight excluding hydrogens is 284 g/mol. The molecule has 1 aromatic rings. The summed E-state index contributed by atoms with van der Waals surface area (Å²) < 4.78 is 27.2. The number of unbranched alkanes of at least 4 members (excludes halogenated alkanes) is 1. The van der Waals surface area contributed by atoms with Crippen LogP contribution in [0.1, 0.15) is 46.0 Å². The minimum Gasteiger partial charge on any atom is -0.385 e. The number of hydrogen-bond acceptors (Lipinski definition) is 3. The monoisotopic (exact) mass is 310 g/mol. The zero-order chi connectivity index (χ0) is 15.3. The molecule has 1 saturated carbocycles. The molecule has 1 aromatic carbocycles. The molecule has 0 spiro atoms. The Morgan fingerprint density at radius 1 is 1.14 bits per heavy atom. The maximum absolute atomic E-state index is 12.8. The summed E-state index contributed by atoms with van der Waals surface area (Å²) in [5.41, 5.74) is 0.974. The van der Waals surface area contributed by atoms with Gasteiger partial charge in [-0.1, -0.05) is 20.3 Å². The number of hydrogen-bond donors (Lipinski definition) is 1. The van der Waals surface area contributed by atoms with Crippen molar-refractivity contribution in [1.29, 1.82) is 0 Å². The van der Waals surface area contributed by atoms with E-state index in [0.29, 0.717) is 11.4 Å². The average molecular weight is 310 g/mol. The number of benzene rings is 1. The molecule has 0 saturated heterocycles. The van der Waals surface area contributed by atoms with Crippen molar-refractivity contribution in [2.24, 2.45) is 0 Å². The lowest BCUT2D eigenvalue weighted by Gasteiger charge is -2.21. The van der Waals surface area contributed by atoms with Crippen LogP contribution in [0.4, 0.5) is 5.69 Å². The van der Waals surface area contributed by atoms with Crippen LogP contribution in [0, 0.1) is 0 Å². The molecule has 0 bridgehead atoms. The lowest BCUT2D eigenvalue weighted by molar-refractivity contribution is 0.396. The van der Waals surface area contributed by atoms with Gasteiger partial charge in [-0.25, -0.2) is 8.42 Å². The summed E-state index contributed by atoms with van der Waals surface area (Å²) in [6.45, 7) is 5.73. The Labute approximate surface area is 128 Å². The van der Waals surface area contributed by atoms with Crippen LogP contribution in [0.2, 0.25) is 0 Å². The van der Waals surface area contributed by atoms with Crippen molar-refractivity contribution in [2.75, 3.05) is 18.4 Å². The van der Waals surface area contributed by atoms with Crippen molar-refractivity contribution in [1.82, 2.24) is 4.31 Å². The Hall–Kier alpha value is -1.07. The minimum absolute atomic E-state index is 0.222. The molecule has 0 heterocycles. The fourth-order valence-corrected chi connectivity index (χ4v) is 4.05. The second-order valence-electron chi connectivity index (χ2n) is 5.65. The topological polar surface area (TPSA) is 49.4 Å². The number of sulfonamides is 1. The third-order valence-corrected chi connectivity index (χ3v) is 5.69. The number of nitrogens with zero attached hydrogens (tertiary/aromatic N) is 1. The van der Waals surface area contributed by atoms with Gasteiger partial charge in [0, 0.05) is 24.8 Å². The Balaban J connectivity index is 2.13. The molecule has 0 aromatic heterocycles. The highest BCUT2D eigenvalue weighted by molar-refractivity contribution is 7.89. The maximum atomic E-state index is 12.8. The van der Waals surface area contributed by atoms with Gasteiger partial charge in [-0.05, 0) is 49.9 Å². The molecule has 1 N–H and O–H groups in total. The summed E-state index contributed by atoms with van der Waals surface area (Å²) in [5, 5.41) is 3.26. The summed E-state index contributed by atoms with van der Waals surface area (Å²) in [6.07, 6.45) is 4.98. The van der Waals surface area contributed by atoms with Gasteiger partial charge in [0.15, 0.2) is 0 Å². The van der Waals surface area contributed by atoms with Crippen molar-refractivity contribution < 1.29 is 8.42 Å². The zero-order valence-corrected chi connectivity index (χ0v) is 13.8. The van der Waals surface area contributed by atoms with Gasteiger partial charge in [-0.15, -0.1) is 0 Å². The Kier molecular flexibility index (Phi) is 5.65. The molecule has 0 amide bonds. The predicted molar refractivity (Wildman–Crippen MR) is 87.0 cm³/mol. The van der Waals surface area contributed by atoms with Crippen molar-refractivity contribution in [3.8, 4) is 0 Å². The van der Waals surface area contributed by atoms with E-state index in [4.69, 9.17) is 0 Å². The Bertz CT molecular complexity index is 536. The van der Waals surface area contributed by atoms with E-state index >= 15 is 0 Å². The molecular formula is C16H26N2O2S. The Morgan fingerprint density at radius 2 is 1.81 bits per heavy atom. The van der Waals surface area contributed by atoms with E-state index in [2.05, 4.69) is 19.2 Å². The second kappa shape index (κ2) is 7.27. The van der Waals surface area contributed by atoms with Gasteiger partial charge in [0.2, 0.25) is 10.0 Å². The van der Waals surface area contributed by atoms with E-state index in [1.165, 1.54) is 0 Å². The standard InChI is InChI=1S/C16H26N2O2S/c1-3-5-13-18(15-8-9-15)21(19,20)16-10-6-14(7-11-16)17-12-4-2/h6-7,10-11,15,17H,3-5,8-9,12-13H2,1-2H3. The number of anilines is 1. The molecule has 0 unspecified atom stereocenters. The van der Waals surface area contributed by atoms with Gasteiger partial charge in [-0.2, -0.15) is 4.31 Å². The third kappa shape index (κ3) is 4.20. The van der Waals surface area contributed by atoms with E-state index < -0.39 is 10.0 Å². The quantitative estimate of drug-likeness (QED) is 0.760. The van der Waals surface area contributed by atoms with Gasteiger partial charge < -0.3 is 5.32 Å². The molecule has 1 aliphatic rings. The molecule has 5 heteroatoms. The number of nitrogens with one attached hydrogen (secondary N) is 1. The van der Waals surface area contributed by atoms with E-state index in [0.717, 1.165) is 44.3 Å². The van der Waals surface area contributed by atoms with E-state index in [9.17, 15) is 8.42 Å². The first-order chi connectivity index (χ1) is 10.1. The molecule has 2 rings (SSSR count). The fraction of sp³-hybridized carbons (Fsp3) is 0.625. The lowest BCUT2D eigenvalue weighted by atomic mass is 10.3. The predicted octanol–water partition coefficient (Wildman–Crippen LogP) is 3.46. The molecule has 21 heavy (non-hydrogen) atoms. The van der Waals surface area contributed by atoms with Crippen LogP contribution in [-0.4, -0.2) is 31.9 Å². The average Bonchev–Trinajstić information content (AvgIpc) is 3.30. The van der Waals surface area contributed by atoms with Crippen LogP contribution in [0.15, 0.2) is 29.2 Å². The normalized spacial score (nSPS) is 15.4. The molecule has 0 aliphatic heterocycles. The minimum atomic E-state index is -3.34. The van der Waals surface area contributed by atoms with Crippen molar-refractivity contribution in [3.05, 3.63) is 24.3 Å². The molecule has 118 valence electrons. The first-order valence-corrected chi connectivity index (χ1v) is 9.39. The first-order valence-electron chi connectivity index (χ1n) is 7.95. The fourth-order valence-electron chi connectivity index (χ4n) is 2.32. The smallest absolute Gasteiger partial charge is 0.243 e.